The molecule has 1 heterocycles. The molecule has 0 radical (unpaired) electrons. The highest BCUT2D eigenvalue weighted by Crippen LogP contribution is 2.21. The maximum Gasteiger partial charge on any atom is 0.240 e. The Hall–Kier alpha value is -2.29. The average molecular weight is 349 g/mol. The fourth-order valence-electron chi connectivity index (χ4n) is 1.82. The van der Waals surface area contributed by atoms with Crippen LogP contribution in [0.3, 0.4) is 0 Å². The number of sulfonamides is 1. The Balaban J connectivity index is 1.97. The minimum atomic E-state index is -3.74. The quantitative estimate of drug-likeness (QED) is 0.709. The summed E-state index contributed by atoms with van der Waals surface area (Å²) >= 11 is 0. The topological polar surface area (TPSA) is 97.4 Å². The predicted molar refractivity (Wildman–Crippen MR) is 89.5 cm³/mol. The number of ketones is 1. The van der Waals surface area contributed by atoms with Gasteiger partial charge in [0.05, 0.1) is 24.2 Å². The van der Waals surface area contributed by atoms with Gasteiger partial charge in [-0.1, -0.05) is 6.92 Å². The highest BCUT2D eigenvalue weighted by Gasteiger charge is 2.15. The number of carbonyl (C=O) groups excluding carboxylic acids is 1. The van der Waals surface area contributed by atoms with Crippen molar-refractivity contribution in [2.75, 3.05) is 19.6 Å². The number of pyridine rings is 1. The van der Waals surface area contributed by atoms with E-state index in [2.05, 4.69) is 15.0 Å². The normalized spacial score (nSPS) is 11.2. The molecule has 8 heteroatoms. The Morgan fingerprint density at radius 1 is 1.12 bits per heavy atom. The van der Waals surface area contributed by atoms with Crippen LogP contribution < -0.4 is 14.8 Å². The van der Waals surface area contributed by atoms with Crippen molar-refractivity contribution < 1.29 is 17.9 Å². The number of Topliss-reactive ketones (excluding diaryl/α,β-unsaturated/α-hetero) is 1. The summed E-state index contributed by atoms with van der Waals surface area (Å²) in [6, 6.07) is 9.41. The van der Waals surface area contributed by atoms with Crippen LogP contribution in [0.1, 0.15) is 6.92 Å². The van der Waals surface area contributed by atoms with Gasteiger partial charge in [-0.3, -0.25) is 9.78 Å². The summed E-state index contributed by atoms with van der Waals surface area (Å²) in [4.78, 5) is 15.5. The lowest BCUT2D eigenvalue weighted by Gasteiger charge is -2.08. The number of aromatic nitrogens is 1. The number of rotatable bonds is 9. The van der Waals surface area contributed by atoms with Crippen LogP contribution in [0.25, 0.3) is 0 Å². The van der Waals surface area contributed by atoms with Crippen LogP contribution >= 0.6 is 0 Å². The van der Waals surface area contributed by atoms with Gasteiger partial charge in [-0.25, -0.2) is 13.1 Å². The molecule has 1 aromatic carbocycles. The number of nitrogens with zero attached hydrogens (tertiary/aromatic N) is 1. The van der Waals surface area contributed by atoms with E-state index in [0.29, 0.717) is 18.0 Å². The van der Waals surface area contributed by atoms with Crippen molar-refractivity contribution in [3.8, 4) is 11.5 Å². The molecule has 2 aromatic rings. The van der Waals surface area contributed by atoms with Gasteiger partial charge in [0.15, 0.2) is 5.78 Å². The van der Waals surface area contributed by atoms with Crippen LogP contribution in [-0.4, -0.2) is 38.8 Å². The highest BCUT2D eigenvalue weighted by atomic mass is 32.2. The first kappa shape index (κ1) is 18.1. The lowest BCUT2D eigenvalue weighted by molar-refractivity contribution is -0.117. The first-order valence-electron chi connectivity index (χ1n) is 7.41. The summed E-state index contributed by atoms with van der Waals surface area (Å²) < 4.78 is 32.1. The second kappa shape index (κ2) is 8.53. The molecule has 0 aliphatic heterocycles. The van der Waals surface area contributed by atoms with E-state index in [-0.39, 0.29) is 23.8 Å². The second-order valence-electron chi connectivity index (χ2n) is 4.91. The third-order valence-corrected chi connectivity index (χ3v) is 4.45. The van der Waals surface area contributed by atoms with Crippen molar-refractivity contribution in [1.29, 1.82) is 0 Å². The van der Waals surface area contributed by atoms with Crippen molar-refractivity contribution in [2.45, 2.75) is 11.8 Å². The summed E-state index contributed by atoms with van der Waals surface area (Å²) in [6.07, 6.45) is 3.19. The highest BCUT2D eigenvalue weighted by molar-refractivity contribution is 7.89. The fraction of sp³-hybridized carbons (Fsp3) is 0.250. The first-order chi connectivity index (χ1) is 11.5. The molecule has 0 spiro atoms. The maximum atomic E-state index is 12.1. The number of benzene rings is 1. The van der Waals surface area contributed by atoms with E-state index >= 15 is 0 Å². The van der Waals surface area contributed by atoms with E-state index in [1.807, 2.05) is 6.92 Å². The fourth-order valence-corrected chi connectivity index (χ4v) is 2.83. The van der Waals surface area contributed by atoms with Gasteiger partial charge in [-0.15, -0.1) is 0 Å². The van der Waals surface area contributed by atoms with Crippen molar-refractivity contribution in [3.63, 3.8) is 0 Å². The van der Waals surface area contributed by atoms with Gasteiger partial charge in [0, 0.05) is 6.20 Å². The molecule has 0 aliphatic rings. The predicted octanol–water partition coefficient (Wildman–Crippen LogP) is 1.33. The molecule has 0 saturated heterocycles. The van der Waals surface area contributed by atoms with E-state index in [9.17, 15) is 13.2 Å². The SMILES string of the molecule is CCNCC(=O)CNS(=O)(=O)c1ccc(Oc2cccnc2)cc1. The zero-order chi connectivity index (χ0) is 17.4. The van der Waals surface area contributed by atoms with Crippen LogP contribution in [-0.2, 0) is 14.8 Å². The molecule has 128 valence electrons. The minimum absolute atomic E-state index is 0.0669. The molecule has 0 amide bonds. The number of nitrogens with one attached hydrogen (secondary N) is 2. The molecule has 0 unspecified atom stereocenters. The smallest absolute Gasteiger partial charge is 0.240 e. The van der Waals surface area contributed by atoms with Crippen LogP contribution in [0, 0.1) is 0 Å². The second-order valence-corrected chi connectivity index (χ2v) is 6.67. The average Bonchev–Trinajstić information content (AvgIpc) is 2.59. The Labute approximate surface area is 141 Å². The van der Waals surface area contributed by atoms with Crippen molar-refractivity contribution in [2.24, 2.45) is 0 Å². The molecule has 0 fully saturated rings. The number of ether oxygens (including phenoxy) is 1. The van der Waals surface area contributed by atoms with Gasteiger partial charge in [-0.05, 0) is 42.9 Å². The molecular weight excluding hydrogens is 330 g/mol. The van der Waals surface area contributed by atoms with Crippen LogP contribution in [0.15, 0.2) is 53.7 Å². The number of carbonyl (C=O) groups is 1. The van der Waals surface area contributed by atoms with E-state index in [0.717, 1.165) is 0 Å². The van der Waals surface area contributed by atoms with E-state index in [4.69, 9.17) is 4.74 Å². The maximum absolute atomic E-state index is 12.1. The summed E-state index contributed by atoms with van der Waals surface area (Å²) in [5.74, 6) is 0.822. The molecule has 0 saturated carbocycles. The molecule has 2 rings (SSSR count). The van der Waals surface area contributed by atoms with E-state index in [1.165, 1.54) is 12.1 Å². The monoisotopic (exact) mass is 349 g/mol. The van der Waals surface area contributed by atoms with E-state index < -0.39 is 10.0 Å². The standard InChI is InChI=1S/C16H19N3O4S/c1-2-17-10-13(20)11-19-24(21,22)16-7-5-14(6-8-16)23-15-4-3-9-18-12-15/h3-9,12,17,19H,2,10-11H2,1H3. The van der Waals surface area contributed by atoms with Gasteiger partial charge in [0.1, 0.15) is 11.5 Å². The largest absolute Gasteiger partial charge is 0.456 e. The van der Waals surface area contributed by atoms with Gasteiger partial charge >= 0.3 is 0 Å². The van der Waals surface area contributed by atoms with Crippen molar-refractivity contribution >= 4 is 15.8 Å². The number of hydrogen-bond acceptors (Lipinski definition) is 6. The molecule has 0 atom stereocenters. The molecule has 7 nitrogen and oxygen atoms in total. The molecule has 0 bridgehead atoms. The van der Waals surface area contributed by atoms with Crippen molar-refractivity contribution in [1.82, 2.24) is 15.0 Å². The first-order valence-corrected chi connectivity index (χ1v) is 8.89. The van der Waals surface area contributed by atoms with Gasteiger partial charge in [0.25, 0.3) is 0 Å². The van der Waals surface area contributed by atoms with Gasteiger partial charge in [0.2, 0.25) is 10.0 Å². The van der Waals surface area contributed by atoms with Crippen LogP contribution in [0.5, 0.6) is 11.5 Å². The Kier molecular flexibility index (Phi) is 6.42. The Bertz CT molecular complexity index is 762. The van der Waals surface area contributed by atoms with Crippen molar-refractivity contribution in [3.05, 3.63) is 48.8 Å². The van der Waals surface area contributed by atoms with Crippen LogP contribution in [0.4, 0.5) is 0 Å². The summed E-state index contributed by atoms with van der Waals surface area (Å²) in [5.41, 5.74) is 0. The molecule has 0 aliphatic carbocycles. The van der Waals surface area contributed by atoms with E-state index in [1.54, 1.807) is 36.7 Å². The number of likely N-dealkylation sites (N-methyl/N-ethyl adjacent to an activating group) is 1. The third-order valence-electron chi connectivity index (χ3n) is 3.04. The van der Waals surface area contributed by atoms with Gasteiger partial charge < -0.3 is 10.1 Å². The Morgan fingerprint density at radius 2 is 1.88 bits per heavy atom. The minimum Gasteiger partial charge on any atom is -0.456 e. The zero-order valence-corrected chi connectivity index (χ0v) is 14.0. The zero-order valence-electron chi connectivity index (χ0n) is 13.2. The molecule has 2 N–H and O–H groups in total. The third kappa shape index (κ3) is 5.41. The molecular formula is C16H19N3O4S. The molecule has 24 heavy (non-hydrogen) atoms. The summed E-state index contributed by atoms with van der Waals surface area (Å²) in [6.45, 7) is 2.41. The summed E-state index contributed by atoms with van der Waals surface area (Å²) in [5, 5.41) is 2.85. The summed E-state index contributed by atoms with van der Waals surface area (Å²) in [7, 11) is -3.74. The number of hydrogen-bond donors (Lipinski definition) is 2. The van der Waals surface area contributed by atoms with Gasteiger partial charge in [-0.2, -0.15) is 0 Å². The van der Waals surface area contributed by atoms with Crippen LogP contribution in [0.2, 0.25) is 0 Å². The lowest BCUT2D eigenvalue weighted by atomic mass is 10.3. The lowest BCUT2D eigenvalue weighted by Crippen LogP contribution is -2.34. The molecule has 1 aromatic heterocycles. The Morgan fingerprint density at radius 3 is 2.50 bits per heavy atom.